The van der Waals surface area contributed by atoms with Gasteiger partial charge < -0.3 is 4.90 Å². The van der Waals surface area contributed by atoms with Crippen LogP contribution in [0, 0.1) is 11.3 Å². The van der Waals surface area contributed by atoms with Gasteiger partial charge in [0.1, 0.15) is 0 Å². The van der Waals surface area contributed by atoms with Crippen molar-refractivity contribution in [3.8, 4) is 6.07 Å². The Labute approximate surface area is 115 Å². The number of nitrogens with zero attached hydrogens (tertiary/aromatic N) is 2. The SMILES string of the molecule is N#Cc1ccc(N2CC(Br)CC2=O)c(C(F)(F)F)c1. The number of anilines is 1. The zero-order chi connectivity index (χ0) is 14.2. The minimum Gasteiger partial charge on any atom is -0.311 e. The van der Waals surface area contributed by atoms with E-state index >= 15 is 0 Å². The van der Waals surface area contributed by atoms with Crippen LogP contribution in [0.4, 0.5) is 18.9 Å². The van der Waals surface area contributed by atoms with E-state index in [1.807, 2.05) is 0 Å². The molecule has 1 heterocycles. The van der Waals surface area contributed by atoms with E-state index in [9.17, 15) is 18.0 Å². The standard InChI is InChI=1S/C12H8BrF3N2O/c13-8-4-11(19)18(6-8)10-2-1-7(5-17)3-9(10)12(14,15)16/h1-3,8H,4,6H2. The molecular formula is C12H8BrF3N2O. The lowest BCUT2D eigenvalue weighted by Crippen LogP contribution is -2.27. The number of carbonyl (C=O) groups is 1. The lowest BCUT2D eigenvalue weighted by atomic mass is 10.1. The molecule has 2 rings (SSSR count). The first kappa shape index (κ1) is 13.9. The van der Waals surface area contributed by atoms with E-state index in [0.29, 0.717) is 0 Å². The molecule has 0 N–H and O–H groups in total. The summed E-state index contributed by atoms with van der Waals surface area (Å²) in [6.07, 6.45) is -4.44. The van der Waals surface area contributed by atoms with Crippen LogP contribution < -0.4 is 4.90 Å². The van der Waals surface area contributed by atoms with E-state index in [0.717, 1.165) is 11.0 Å². The summed E-state index contributed by atoms with van der Waals surface area (Å²) in [4.78, 5) is 12.6. The first-order chi connectivity index (χ1) is 8.82. The summed E-state index contributed by atoms with van der Waals surface area (Å²) >= 11 is 3.22. The molecule has 0 aliphatic carbocycles. The monoisotopic (exact) mass is 332 g/mol. The van der Waals surface area contributed by atoms with Gasteiger partial charge in [-0.1, -0.05) is 15.9 Å². The van der Waals surface area contributed by atoms with Gasteiger partial charge in [0.2, 0.25) is 5.91 Å². The second-order valence-electron chi connectivity index (χ2n) is 4.15. The Morgan fingerprint density at radius 1 is 1.42 bits per heavy atom. The molecule has 0 aromatic heterocycles. The average Bonchev–Trinajstić information content (AvgIpc) is 2.66. The van der Waals surface area contributed by atoms with Crippen molar-refractivity contribution in [1.82, 2.24) is 0 Å². The second kappa shape index (κ2) is 4.85. The summed E-state index contributed by atoms with van der Waals surface area (Å²) in [6, 6.07) is 4.88. The fourth-order valence-electron chi connectivity index (χ4n) is 1.96. The Morgan fingerprint density at radius 2 is 2.11 bits per heavy atom. The van der Waals surface area contributed by atoms with Crippen LogP contribution in [-0.4, -0.2) is 17.3 Å². The van der Waals surface area contributed by atoms with Crippen LogP contribution in [-0.2, 0) is 11.0 Å². The molecule has 0 saturated carbocycles. The fraction of sp³-hybridized carbons (Fsp3) is 0.333. The first-order valence-electron chi connectivity index (χ1n) is 5.38. The highest BCUT2D eigenvalue weighted by Crippen LogP contribution is 2.39. The number of amides is 1. The number of alkyl halides is 4. The Bertz CT molecular complexity index is 565. The van der Waals surface area contributed by atoms with Gasteiger partial charge >= 0.3 is 6.18 Å². The number of halogens is 4. The van der Waals surface area contributed by atoms with Crippen molar-refractivity contribution in [2.24, 2.45) is 0 Å². The van der Waals surface area contributed by atoms with E-state index in [4.69, 9.17) is 5.26 Å². The number of rotatable bonds is 1. The van der Waals surface area contributed by atoms with E-state index in [1.165, 1.54) is 12.1 Å². The molecule has 1 unspecified atom stereocenters. The Kier molecular flexibility index (Phi) is 3.54. The molecule has 1 aliphatic heterocycles. The molecule has 7 heteroatoms. The predicted molar refractivity (Wildman–Crippen MR) is 65.8 cm³/mol. The molecule has 0 radical (unpaired) electrons. The minimum atomic E-state index is -4.60. The maximum Gasteiger partial charge on any atom is 0.418 e. The molecule has 1 aromatic carbocycles. The van der Waals surface area contributed by atoms with Crippen LogP contribution in [0.25, 0.3) is 0 Å². The second-order valence-corrected chi connectivity index (χ2v) is 5.44. The van der Waals surface area contributed by atoms with Crippen LogP contribution in [0.2, 0.25) is 0 Å². The highest BCUT2D eigenvalue weighted by molar-refractivity contribution is 9.09. The van der Waals surface area contributed by atoms with Crippen molar-refractivity contribution in [3.05, 3.63) is 29.3 Å². The first-order valence-corrected chi connectivity index (χ1v) is 6.30. The number of hydrogen-bond donors (Lipinski definition) is 0. The predicted octanol–water partition coefficient (Wildman–Crippen LogP) is 3.08. The lowest BCUT2D eigenvalue weighted by molar-refractivity contribution is -0.137. The average molecular weight is 333 g/mol. The van der Waals surface area contributed by atoms with E-state index in [-0.39, 0.29) is 35.0 Å². The van der Waals surface area contributed by atoms with Gasteiger partial charge in [0.05, 0.1) is 22.9 Å². The van der Waals surface area contributed by atoms with E-state index in [1.54, 1.807) is 6.07 Å². The van der Waals surface area contributed by atoms with Crippen molar-refractivity contribution < 1.29 is 18.0 Å². The van der Waals surface area contributed by atoms with Gasteiger partial charge in [0.15, 0.2) is 0 Å². The van der Waals surface area contributed by atoms with Crippen molar-refractivity contribution in [2.75, 3.05) is 11.4 Å². The normalized spacial score (nSPS) is 19.6. The Balaban J connectivity index is 2.52. The Morgan fingerprint density at radius 3 is 2.58 bits per heavy atom. The van der Waals surface area contributed by atoms with Crippen molar-refractivity contribution in [2.45, 2.75) is 17.4 Å². The summed E-state index contributed by atoms with van der Waals surface area (Å²) in [5.41, 5.74) is -1.24. The maximum atomic E-state index is 13.0. The molecular weight excluding hydrogens is 325 g/mol. The molecule has 100 valence electrons. The molecule has 1 aliphatic rings. The van der Waals surface area contributed by atoms with Gasteiger partial charge in [-0.3, -0.25) is 4.79 Å². The minimum absolute atomic E-state index is 0.0851. The van der Waals surface area contributed by atoms with Crippen molar-refractivity contribution in [3.63, 3.8) is 0 Å². The molecule has 3 nitrogen and oxygen atoms in total. The molecule has 19 heavy (non-hydrogen) atoms. The largest absolute Gasteiger partial charge is 0.418 e. The molecule has 1 amide bonds. The summed E-state index contributed by atoms with van der Waals surface area (Å²) in [5, 5.41) is 8.67. The third kappa shape index (κ3) is 2.73. The molecule has 0 bridgehead atoms. The molecule has 0 spiro atoms. The zero-order valence-electron chi connectivity index (χ0n) is 9.54. The Hall–Kier alpha value is -1.55. The number of nitriles is 1. The van der Waals surface area contributed by atoms with Gasteiger partial charge in [0.25, 0.3) is 0 Å². The highest BCUT2D eigenvalue weighted by atomic mass is 79.9. The zero-order valence-corrected chi connectivity index (χ0v) is 11.1. The third-order valence-electron chi connectivity index (χ3n) is 2.80. The van der Waals surface area contributed by atoms with Gasteiger partial charge in [-0.05, 0) is 18.2 Å². The number of hydrogen-bond acceptors (Lipinski definition) is 2. The highest BCUT2D eigenvalue weighted by Gasteiger charge is 2.38. The quantitative estimate of drug-likeness (QED) is 0.742. The summed E-state index contributed by atoms with van der Waals surface area (Å²) in [6.45, 7) is 0.188. The van der Waals surface area contributed by atoms with Gasteiger partial charge in [-0.2, -0.15) is 18.4 Å². The van der Waals surface area contributed by atoms with E-state index < -0.39 is 11.7 Å². The topological polar surface area (TPSA) is 44.1 Å². The molecule has 1 atom stereocenters. The summed E-state index contributed by atoms with van der Waals surface area (Å²) in [7, 11) is 0. The smallest absolute Gasteiger partial charge is 0.311 e. The van der Waals surface area contributed by atoms with Gasteiger partial charge in [0, 0.05) is 17.8 Å². The van der Waals surface area contributed by atoms with Crippen molar-refractivity contribution >= 4 is 27.5 Å². The fourth-order valence-corrected chi connectivity index (χ4v) is 2.53. The molecule has 1 saturated heterocycles. The van der Waals surface area contributed by atoms with Crippen LogP contribution in [0.5, 0.6) is 0 Å². The van der Waals surface area contributed by atoms with E-state index in [2.05, 4.69) is 15.9 Å². The summed E-state index contributed by atoms with van der Waals surface area (Å²) in [5.74, 6) is -0.364. The van der Waals surface area contributed by atoms with Crippen LogP contribution in [0.3, 0.4) is 0 Å². The molecule has 1 fully saturated rings. The van der Waals surface area contributed by atoms with Crippen molar-refractivity contribution in [1.29, 1.82) is 5.26 Å². The van der Waals surface area contributed by atoms with Crippen LogP contribution in [0.1, 0.15) is 17.5 Å². The van der Waals surface area contributed by atoms with Gasteiger partial charge in [-0.25, -0.2) is 0 Å². The number of carbonyl (C=O) groups excluding carboxylic acids is 1. The maximum absolute atomic E-state index is 13.0. The third-order valence-corrected chi connectivity index (χ3v) is 3.41. The van der Waals surface area contributed by atoms with Gasteiger partial charge in [-0.15, -0.1) is 0 Å². The molecule has 1 aromatic rings. The lowest BCUT2D eigenvalue weighted by Gasteiger charge is -2.21. The number of benzene rings is 1. The summed E-state index contributed by atoms with van der Waals surface area (Å²) < 4.78 is 38.9. The van der Waals surface area contributed by atoms with Crippen LogP contribution >= 0.6 is 15.9 Å². The van der Waals surface area contributed by atoms with Crippen LogP contribution in [0.15, 0.2) is 18.2 Å².